The van der Waals surface area contributed by atoms with Gasteiger partial charge < -0.3 is 49.1 Å². The van der Waals surface area contributed by atoms with Crippen LogP contribution in [-0.2, 0) is 60.7 Å². The van der Waals surface area contributed by atoms with Gasteiger partial charge in [0.05, 0.1) is 75.0 Å². The van der Waals surface area contributed by atoms with Crippen molar-refractivity contribution in [3.8, 4) is 0 Å². The van der Waals surface area contributed by atoms with Crippen LogP contribution in [0.25, 0.3) is 0 Å². The van der Waals surface area contributed by atoms with Gasteiger partial charge in [0.25, 0.3) is 11.4 Å². The summed E-state index contributed by atoms with van der Waals surface area (Å²) in [6.45, 7) is 18.4. The van der Waals surface area contributed by atoms with E-state index in [1.165, 1.54) is 12.1 Å². The Balaban J connectivity index is 1.68. The first-order valence-electron chi connectivity index (χ1n) is 21.0. The van der Waals surface area contributed by atoms with Crippen molar-refractivity contribution in [2.45, 2.75) is 136 Å². The Morgan fingerprint density at radius 2 is 1.23 bits per heavy atom. The largest absolute Gasteiger partial charge is 0.460 e. The lowest BCUT2D eigenvalue weighted by atomic mass is 10.1. The number of amides is 2. The molecule has 3 N–H and O–H groups in total. The average molecular weight is 911 g/mol. The number of nitrogens with one attached hydrogen (secondary N) is 3. The molecule has 1 heterocycles. The van der Waals surface area contributed by atoms with E-state index in [2.05, 4.69) is 26.3 Å². The number of rotatable bonds is 29. The number of aromatic nitrogens is 3. The van der Waals surface area contributed by atoms with Crippen molar-refractivity contribution in [2.75, 3.05) is 58.1 Å². The maximum Gasteiger partial charge on any atom is 0.329 e. The predicted molar refractivity (Wildman–Crippen MR) is 230 cm³/mol. The summed E-state index contributed by atoms with van der Waals surface area (Å²) in [7, 11) is 0. The molecule has 64 heavy (non-hydrogen) atoms. The molecule has 0 spiro atoms. The molecule has 0 aliphatic heterocycles. The third-order valence-corrected chi connectivity index (χ3v) is 8.08. The van der Waals surface area contributed by atoms with E-state index >= 15 is 0 Å². The Hall–Kier alpha value is -5.52. The van der Waals surface area contributed by atoms with Gasteiger partial charge in [-0.1, -0.05) is 5.21 Å². The molecule has 0 radical (unpaired) electrons. The molecule has 2 amide bonds. The Kier molecular flexibility index (Phi) is 23.0. The molecule has 360 valence electrons. The summed E-state index contributed by atoms with van der Waals surface area (Å²) >= 11 is 0. The Morgan fingerprint density at radius 3 is 1.77 bits per heavy atom. The molecule has 23 nitrogen and oxygen atoms in total. The van der Waals surface area contributed by atoms with Crippen LogP contribution in [0.5, 0.6) is 0 Å². The summed E-state index contributed by atoms with van der Waals surface area (Å²) in [5.41, 5.74) is -2.39. The van der Waals surface area contributed by atoms with E-state index in [9.17, 15) is 39.4 Å². The van der Waals surface area contributed by atoms with E-state index in [1.54, 1.807) is 73.2 Å². The van der Waals surface area contributed by atoms with Gasteiger partial charge in [-0.3, -0.25) is 29.7 Å². The van der Waals surface area contributed by atoms with Gasteiger partial charge in [0.1, 0.15) is 40.3 Å². The van der Waals surface area contributed by atoms with Crippen LogP contribution >= 0.6 is 0 Å². The average Bonchev–Trinajstić information content (AvgIpc) is 3.62. The first-order chi connectivity index (χ1) is 29.9. The zero-order valence-corrected chi connectivity index (χ0v) is 38.4. The Morgan fingerprint density at radius 1 is 0.703 bits per heavy atom. The first-order valence-corrected chi connectivity index (χ1v) is 21.0. The van der Waals surface area contributed by atoms with Crippen LogP contribution in [0.4, 0.5) is 21.9 Å². The van der Waals surface area contributed by atoms with E-state index in [0.717, 1.165) is 6.07 Å². The SMILES string of the molecule is CC(C)(C)OC(=O)CC[C@H](NC(=O)N[C@@H](CCCCn1cc(COCCOCCOCCOCCNc2ccc([N+](=O)[O-])cc2[N+](=O)[O-])nn1)C(=O)OC(C)(C)C)C(=O)OC(C)(C)C. The second kappa shape index (κ2) is 27.0. The number of nitrogens with zero attached hydrogens (tertiary/aromatic N) is 5. The summed E-state index contributed by atoms with van der Waals surface area (Å²) in [5, 5.41) is 38.4. The van der Waals surface area contributed by atoms with Crippen molar-refractivity contribution in [2.24, 2.45) is 0 Å². The highest BCUT2D eigenvalue weighted by Crippen LogP contribution is 2.28. The number of hydrogen-bond donors (Lipinski definition) is 3. The second-order valence-electron chi connectivity index (χ2n) is 17.4. The predicted octanol–water partition coefficient (Wildman–Crippen LogP) is 4.79. The topological polar surface area (TPSA) is 286 Å². The Bertz CT molecular complexity index is 1800. The minimum atomic E-state index is -1.19. The minimum absolute atomic E-state index is 0.0828. The molecular weight excluding hydrogens is 844 g/mol. The molecule has 2 rings (SSSR count). The number of nitro benzene ring substituents is 2. The normalized spacial score (nSPS) is 12.8. The smallest absolute Gasteiger partial charge is 0.329 e. The number of unbranched alkanes of at least 4 members (excludes halogenated alkanes) is 1. The summed E-state index contributed by atoms with van der Waals surface area (Å²) in [4.78, 5) is 72.5. The molecule has 0 aliphatic rings. The highest BCUT2D eigenvalue weighted by Gasteiger charge is 2.31. The van der Waals surface area contributed by atoms with E-state index in [1.807, 2.05) is 0 Å². The molecular formula is C41H66N8O15. The van der Waals surface area contributed by atoms with Gasteiger partial charge in [0, 0.05) is 25.6 Å². The number of carbonyl (C=O) groups is 4. The van der Waals surface area contributed by atoms with Gasteiger partial charge in [0.15, 0.2) is 0 Å². The fraction of sp³-hybridized carbons (Fsp3) is 0.707. The zero-order chi connectivity index (χ0) is 47.9. The molecule has 2 atom stereocenters. The van der Waals surface area contributed by atoms with Crippen LogP contribution in [0, 0.1) is 20.2 Å². The van der Waals surface area contributed by atoms with Crippen molar-refractivity contribution in [3.63, 3.8) is 0 Å². The van der Waals surface area contributed by atoms with E-state index in [4.69, 9.17) is 33.2 Å². The van der Waals surface area contributed by atoms with Crippen LogP contribution in [0.2, 0.25) is 0 Å². The third-order valence-electron chi connectivity index (χ3n) is 8.08. The van der Waals surface area contributed by atoms with Crippen molar-refractivity contribution < 1.29 is 62.2 Å². The number of nitro groups is 2. The van der Waals surface area contributed by atoms with Gasteiger partial charge in [0.2, 0.25) is 0 Å². The Labute approximate surface area is 373 Å². The number of carbonyl (C=O) groups excluding carboxylic acids is 4. The van der Waals surface area contributed by atoms with Crippen molar-refractivity contribution in [1.82, 2.24) is 25.6 Å². The molecule has 0 saturated heterocycles. The zero-order valence-electron chi connectivity index (χ0n) is 38.4. The van der Waals surface area contributed by atoms with Crippen molar-refractivity contribution >= 4 is 41.0 Å². The number of anilines is 1. The van der Waals surface area contributed by atoms with Crippen LogP contribution < -0.4 is 16.0 Å². The number of esters is 3. The van der Waals surface area contributed by atoms with Crippen LogP contribution in [0.3, 0.4) is 0 Å². The molecule has 0 aliphatic carbocycles. The fourth-order valence-corrected chi connectivity index (χ4v) is 5.42. The maximum atomic E-state index is 13.2. The van der Waals surface area contributed by atoms with Gasteiger partial charge in [-0.05, 0) is 94.1 Å². The van der Waals surface area contributed by atoms with E-state index in [0.29, 0.717) is 58.1 Å². The molecule has 0 unspecified atom stereocenters. The number of hydrogen-bond acceptors (Lipinski definition) is 18. The van der Waals surface area contributed by atoms with Crippen molar-refractivity contribution in [3.05, 3.63) is 50.3 Å². The van der Waals surface area contributed by atoms with Gasteiger partial charge in [-0.2, -0.15) is 0 Å². The summed E-state index contributed by atoms with van der Waals surface area (Å²) in [5.74, 6) is -1.92. The number of ether oxygens (including phenoxy) is 7. The quantitative estimate of drug-likeness (QED) is 0.0325. The number of aryl methyl sites for hydroxylation is 1. The van der Waals surface area contributed by atoms with Gasteiger partial charge in [-0.25, -0.2) is 14.4 Å². The molecule has 1 aromatic carbocycles. The summed E-state index contributed by atoms with van der Waals surface area (Å²) < 4.78 is 40.1. The maximum absolute atomic E-state index is 13.2. The van der Waals surface area contributed by atoms with Crippen LogP contribution in [0.15, 0.2) is 24.4 Å². The molecule has 0 bridgehead atoms. The van der Waals surface area contributed by atoms with Gasteiger partial charge >= 0.3 is 23.9 Å². The summed E-state index contributed by atoms with van der Waals surface area (Å²) in [6, 6.07) is 0.337. The number of non-ortho nitro benzene ring substituents is 1. The lowest BCUT2D eigenvalue weighted by molar-refractivity contribution is -0.393. The number of urea groups is 1. The van der Waals surface area contributed by atoms with Gasteiger partial charge in [-0.15, -0.1) is 5.10 Å². The highest BCUT2D eigenvalue weighted by molar-refractivity contribution is 5.87. The second-order valence-corrected chi connectivity index (χ2v) is 17.4. The lowest BCUT2D eigenvalue weighted by Crippen LogP contribution is -2.53. The summed E-state index contributed by atoms with van der Waals surface area (Å²) in [6.07, 6.45) is 2.81. The van der Waals surface area contributed by atoms with Crippen LogP contribution in [-0.4, -0.2) is 130 Å². The van der Waals surface area contributed by atoms with Crippen LogP contribution in [0.1, 0.15) is 100 Å². The first kappa shape index (κ1) is 54.6. The standard InChI is InChI=1S/C41H66N8O15/c1-39(2,3)62-35(50)16-15-33(37(52)64-41(7,8)9)44-38(53)43-32(36(51)63-40(4,5)6)12-10-11-18-47-27-29(45-46-47)28-61-25-24-60-23-22-59-21-20-58-19-17-42-31-14-13-30(48(54)55)26-34(31)49(56)57/h13-14,26-27,32-33,42H,10-12,15-25,28H2,1-9H3,(H2,43,44,53)/t32-,33-/m0/s1. The minimum Gasteiger partial charge on any atom is -0.460 e. The lowest BCUT2D eigenvalue weighted by Gasteiger charge is -2.27. The molecule has 23 heteroatoms. The van der Waals surface area contributed by atoms with E-state index in [-0.39, 0.29) is 57.0 Å². The molecule has 0 fully saturated rings. The molecule has 0 saturated carbocycles. The van der Waals surface area contributed by atoms with E-state index < -0.39 is 68.4 Å². The highest BCUT2D eigenvalue weighted by atomic mass is 16.6. The third kappa shape index (κ3) is 24.4. The molecule has 1 aromatic heterocycles. The van der Waals surface area contributed by atoms with Crippen molar-refractivity contribution in [1.29, 1.82) is 0 Å². The molecule has 2 aromatic rings. The monoisotopic (exact) mass is 910 g/mol. The fourth-order valence-electron chi connectivity index (χ4n) is 5.42. The number of benzene rings is 1.